The van der Waals surface area contributed by atoms with Crippen molar-refractivity contribution in [2.24, 2.45) is 5.10 Å². The number of nitrogens with zero attached hydrogens (tertiary/aromatic N) is 4. The molecule has 6 nitrogen and oxygen atoms in total. The zero-order chi connectivity index (χ0) is 22.3. The zero-order valence-electron chi connectivity index (χ0n) is 17.4. The minimum atomic E-state index is -0.218. The summed E-state index contributed by atoms with van der Waals surface area (Å²) in [6.07, 6.45) is 7.33. The van der Waals surface area contributed by atoms with E-state index in [0.29, 0.717) is 16.1 Å². The summed E-state index contributed by atoms with van der Waals surface area (Å²) >= 11 is 13.5. The van der Waals surface area contributed by atoms with Crippen LogP contribution in [0.3, 0.4) is 0 Å². The fourth-order valence-electron chi connectivity index (χ4n) is 3.76. The summed E-state index contributed by atoms with van der Waals surface area (Å²) in [5.74, 6) is 0.781. The predicted octanol–water partition coefficient (Wildman–Crippen LogP) is 6.00. The minimum absolute atomic E-state index is 0.186. The lowest BCUT2D eigenvalue weighted by Gasteiger charge is -2.25. The number of benzene rings is 2. The maximum Gasteiger partial charge on any atom is 0.250 e. The Bertz CT molecular complexity index is 1090. The third-order valence-corrected chi connectivity index (χ3v) is 6.88. The first-order valence-electron chi connectivity index (χ1n) is 10.5. The molecule has 1 aromatic heterocycles. The van der Waals surface area contributed by atoms with Crippen LogP contribution >= 0.6 is 35.0 Å². The number of carbonyl (C=O) groups excluding carboxylic acids is 1. The molecule has 166 valence electrons. The quantitative estimate of drug-likeness (QED) is 0.252. The molecule has 9 heteroatoms. The second-order valence-corrected chi connectivity index (χ2v) is 9.36. The Morgan fingerprint density at radius 3 is 2.59 bits per heavy atom. The van der Waals surface area contributed by atoms with E-state index in [0.717, 1.165) is 34.9 Å². The van der Waals surface area contributed by atoms with Gasteiger partial charge in [-0.2, -0.15) is 5.10 Å². The van der Waals surface area contributed by atoms with E-state index in [-0.39, 0.29) is 11.7 Å². The highest BCUT2D eigenvalue weighted by Gasteiger charge is 2.24. The SMILES string of the molecule is O=C(CSc1nnc(-c2ccc(Cl)cc2)n1C1CCCCC1)N/N=C\c1ccccc1Cl. The normalized spacial score (nSPS) is 14.7. The van der Waals surface area contributed by atoms with Gasteiger partial charge in [0.15, 0.2) is 11.0 Å². The van der Waals surface area contributed by atoms with Gasteiger partial charge < -0.3 is 0 Å². The zero-order valence-corrected chi connectivity index (χ0v) is 19.7. The maximum absolute atomic E-state index is 12.3. The van der Waals surface area contributed by atoms with Gasteiger partial charge in [0.25, 0.3) is 5.91 Å². The number of halogens is 2. The van der Waals surface area contributed by atoms with E-state index in [4.69, 9.17) is 23.2 Å². The first kappa shape index (κ1) is 22.8. The van der Waals surface area contributed by atoms with Crippen molar-refractivity contribution in [1.82, 2.24) is 20.2 Å². The lowest BCUT2D eigenvalue weighted by atomic mass is 9.95. The number of thioether (sulfide) groups is 1. The Labute approximate surface area is 201 Å². The summed E-state index contributed by atoms with van der Waals surface area (Å²) in [5.41, 5.74) is 4.26. The van der Waals surface area contributed by atoms with Crippen molar-refractivity contribution >= 4 is 47.1 Å². The van der Waals surface area contributed by atoms with Crippen molar-refractivity contribution in [2.75, 3.05) is 5.75 Å². The van der Waals surface area contributed by atoms with Crippen LogP contribution in [0.25, 0.3) is 11.4 Å². The fraction of sp³-hybridized carbons (Fsp3) is 0.304. The van der Waals surface area contributed by atoms with E-state index >= 15 is 0 Å². The second-order valence-electron chi connectivity index (χ2n) is 7.58. The molecule has 0 unspecified atom stereocenters. The monoisotopic (exact) mass is 487 g/mol. The van der Waals surface area contributed by atoms with Crippen molar-refractivity contribution < 1.29 is 4.79 Å². The van der Waals surface area contributed by atoms with Crippen LogP contribution in [0.2, 0.25) is 10.0 Å². The summed E-state index contributed by atoms with van der Waals surface area (Å²) in [4.78, 5) is 12.3. The summed E-state index contributed by atoms with van der Waals surface area (Å²) in [6.45, 7) is 0. The third-order valence-electron chi connectivity index (χ3n) is 5.34. The molecule has 3 aromatic rings. The highest BCUT2D eigenvalue weighted by molar-refractivity contribution is 7.99. The van der Waals surface area contributed by atoms with Crippen LogP contribution in [0.15, 0.2) is 58.8 Å². The van der Waals surface area contributed by atoms with E-state index in [1.165, 1.54) is 37.2 Å². The molecule has 32 heavy (non-hydrogen) atoms. The summed E-state index contributed by atoms with van der Waals surface area (Å²) in [5, 5.41) is 14.9. The number of carbonyl (C=O) groups is 1. The topological polar surface area (TPSA) is 72.2 Å². The molecular formula is C23H23Cl2N5OS. The molecule has 1 saturated carbocycles. The molecule has 1 aliphatic carbocycles. The van der Waals surface area contributed by atoms with Gasteiger partial charge in [0, 0.05) is 27.2 Å². The lowest BCUT2D eigenvalue weighted by molar-refractivity contribution is -0.118. The molecular weight excluding hydrogens is 465 g/mol. The number of nitrogens with one attached hydrogen (secondary N) is 1. The smallest absolute Gasteiger partial charge is 0.250 e. The van der Waals surface area contributed by atoms with Gasteiger partial charge in [-0.25, -0.2) is 5.43 Å². The van der Waals surface area contributed by atoms with Gasteiger partial charge in [0.1, 0.15) is 0 Å². The largest absolute Gasteiger partial charge is 0.299 e. The van der Waals surface area contributed by atoms with Crippen LogP contribution < -0.4 is 5.43 Å². The van der Waals surface area contributed by atoms with E-state index in [1.807, 2.05) is 42.5 Å². The second kappa shape index (κ2) is 11.0. The number of aromatic nitrogens is 3. The number of rotatable bonds is 7. The molecule has 0 aliphatic heterocycles. The van der Waals surface area contributed by atoms with E-state index in [1.54, 1.807) is 6.07 Å². The van der Waals surface area contributed by atoms with Crippen LogP contribution in [0.4, 0.5) is 0 Å². The lowest BCUT2D eigenvalue weighted by Crippen LogP contribution is -2.20. The minimum Gasteiger partial charge on any atom is -0.299 e. The van der Waals surface area contributed by atoms with Crippen LogP contribution in [0.1, 0.15) is 43.7 Å². The highest BCUT2D eigenvalue weighted by Crippen LogP contribution is 2.35. The van der Waals surface area contributed by atoms with E-state index in [9.17, 15) is 4.79 Å². The van der Waals surface area contributed by atoms with Crippen LogP contribution in [-0.2, 0) is 4.79 Å². The average Bonchev–Trinajstić information content (AvgIpc) is 3.24. The van der Waals surface area contributed by atoms with Crippen LogP contribution in [0.5, 0.6) is 0 Å². The van der Waals surface area contributed by atoms with Gasteiger partial charge in [-0.05, 0) is 43.2 Å². The van der Waals surface area contributed by atoms with Gasteiger partial charge in [-0.15, -0.1) is 10.2 Å². The molecule has 2 aromatic carbocycles. The molecule has 1 N–H and O–H groups in total. The molecule has 0 radical (unpaired) electrons. The van der Waals surface area contributed by atoms with Crippen molar-refractivity contribution in [3.8, 4) is 11.4 Å². The molecule has 0 bridgehead atoms. The summed E-state index contributed by atoms with van der Waals surface area (Å²) in [6, 6.07) is 15.3. The first-order chi connectivity index (χ1) is 15.6. The van der Waals surface area contributed by atoms with Gasteiger partial charge >= 0.3 is 0 Å². The number of hydrogen-bond acceptors (Lipinski definition) is 5. The molecule has 1 amide bonds. The van der Waals surface area contributed by atoms with Crippen molar-refractivity contribution in [1.29, 1.82) is 0 Å². The third kappa shape index (κ3) is 5.71. The van der Waals surface area contributed by atoms with E-state index < -0.39 is 0 Å². The fourth-order valence-corrected chi connectivity index (χ4v) is 4.86. The molecule has 4 rings (SSSR count). The van der Waals surface area contributed by atoms with Gasteiger partial charge in [0.2, 0.25) is 0 Å². The molecule has 1 fully saturated rings. The van der Waals surface area contributed by atoms with Crippen molar-refractivity contribution in [3.05, 3.63) is 64.1 Å². The Balaban J connectivity index is 1.46. The predicted molar refractivity (Wildman–Crippen MR) is 131 cm³/mol. The molecule has 0 atom stereocenters. The summed E-state index contributed by atoms with van der Waals surface area (Å²) in [7, 11) is 0. The van der Waals surface area contributed by atoms with Crippen molar-refractivity contribution in [3.63, 3.8) is 0 Å². The van der Waals surface area contributed by atoms with Gasteiger partial charge in [-0.3, -0.25) is 9.36 Å². The van der Waals surface area contributed by atoms with Crippen molar-refractivity contribution in [2.45, 2.75) is 43.3 Å². The van der Waals surface area contributed by atoms with E-state index in [2.05, 4.69) is 25.3 Å². The Kier molecular flexibility index (Phi) is 7.84. The Morgan fingerprint density at radius 2 is 1.84 bits per heavy atom. The van der Waals surface area contributed by atoms with Gasteiger partial charge in [0.05, 0.1) is 12.0 Å². The Morgan fingerprint density at radius 1 is 1.09 bits per heavy atom. The first-order valence-corrected chi connectivity index (χ1v) is 12.3. The Hall–Kier alpha value is -2.35. The molecule has 0 spiro atoms. The summed E-state index contributed by atoms with van der Waals surface area (Å²) < 4.78 is 2.19. The average molecular weight is 488 g/mol. The standard InChI is InChI=1S/C23H23Cl2N5OS/c24-18-12-10-16(11-13-18)22-28-29-23(30(22)19-7-2-1-3-8-19)32-15-21(31)27-26-14-17-6-4-5-9-20(17)25/h4-6,9-14,19H,1-3,7-8,15H2,(H,27,31)/b26-14-. The number of hydrazone groups is 1. The van der Waals surface area contributed by atoms with Gasteiger partial charge in [-0.1, -0.05) is 72.4 Å². The van der Waals surface area contributed by atoms with Crippen LogP contribution in [-0.4, -0.2) is 32.6 Å². The number of amides is 1. The molecule has 1 aliphatic rings. The highest BCUT2D eigenvalue weighted by atomic mass is 35.5. The molecule has 0 saturated heterocycles. The number of hydrogen-bond donors (Lipinski definition) is 1. The molecule has 1 heterocycles. The van der Waals surface area contributed by atoms with Crippen LogP contribution in [0, 0.1) is 0 Å². The maximum atomic E-state index is 12.3.